The van der Waals surface area contributed by atoms with Crippen LogP contribution in [0.25, 0.3) is 22.0 Å². The van der Waals surface area contributed by atoms with Crippen LogP contribution in [0.4, 0.5) is 5.69 Å². The molecule has 1 amide bonds. The maximum absolute atomic E-state index is 12.9. The van der Waals surface area contributed by atoms with Crippen molar-refractivity contribution in [3.8, 4) is 16.9 Å². The normalized spacial score (nSPS) is 16.5. The van der Waals surface area contributed by atoms with E-state index in [1.165, 1.54) is 6.42 Å². The Balaban J connectivity index is 1.71. The molecule has 2 aliphatic rings. The summed E-state index contributed by atoms with van der Waals surface area (Å²) in [5, 5.41) is 0.820. The zero-order valence-corrected chi connectivity index (χ0v) is 15.2. The van der Waals surface area contributed by atoms with Gasteiger partial charge in [-0.25, -0.2) is 4.98 Å². The minimum atomic E-state index is 0.0318. The Hall–Kier alpha value is -3.08. The quantitative estimate of drug-likeness (QED) is 0.767. The summed E-state index contributed by atoms with van der Waals surface area (Å²) in [4.78, 5) is 19.8. The van der Waals surface area contributed by atoms with Gasteiger partial charge in [0.25, 0.3) is 5.91 Å². The van der Waals surface area contributed by atoms with Gasteiger partial charge in [0.15, 0.2) is 0 Å². The number of carbonyl (C=O) groups excluding carboxylic acids is 1. The predicted octanol–water partition coefficient (Wildman–Crippen LogP) is 4.00. The third kappa shape index (κ3) is 2.31. The van der Waals surface area contributed by atoms with E-state index in [2.05, 4.69) is 0 Å². The number of carbonyl (C=O) groups is 1. The number of nitrogen functional groups attached to an aromatic ring is 1. The summed E-state index contributed by atoms with van der Waals surface area (Å²) in [5.41, 5.74) is 11.2. The van der Waals surface area contributed by atoms with Crippen LogP contribution in [0, 0.1) is 0 Å². The molecule has 136 valence electrons. The van der Waals surface area contributed by atoms with Crippen LogP contribution in [-0.2, 0) is 6.54 Å². The van der Waals surface area contributed by atoms with Crippen molar-refractivity contribution < 1.29 is 9.53 Å². The zero-order chi connectivity index (χ0) is 18.5. The van der Waals surface area contributed by atoms with E-state index in [1.807, 2.05) is 47.4 Å². The van der Waals surface area contributed by atoms with Crippen molar-refractivity contribution in [2.75, 3.05) is 12.8 Å². The zero-order valence-electron chi connectivity index (χ0n) is 15.2. The van der Waals surface area contributed by atoms with Crippen molar-refractivity contribution >= 4 is 22.5 Å². The number of ether oxygens (including phenoxy) is 1. The van der Waals surface area contributed by atoms with Crippen LogP contribution in [0.15, 0.2) is 42.5 Å². The Kier molecular flexibility index (Phi) is 3.57. The average molecular weight is 359 g/mol. The van der Waals surface area contributed by atoms with Crippen LogP contribution in [0.3, 0.4) is 0 Å². The number of pyridine rings is 1. The predicted molar refractivity (Wildman–Crippen MR) is 106 cm³/mol. The van der Waals surface area contributed by atoms with Crippen molar-refractivity contribution in [2.24, 2.45) is 0 Å². The van der Waals surface area contributed by atoms with E-state index < -0.39 is 0 Å². The molecule has 0 spiro atoms. The molecule has 2 N–H and O–H groups in total. The molecule has 1 saturated carbocycles. The van der Waals surface area contributed by atoms with Gasteiger partial charge in [-0.15, -0.1) is 0 Å². The van der Waals surface area contributed by atoms with Gasteiger partial charge in [0.05, 0.1) is 36.1 Å². The van der Waals surface area contributed by atoms with Crippen molar-refractivity contribution in [1.82, 2.24) is 9.88 Å². The van der Waals surface area contributed by atoms with Gasteiger partial charge in [0.2, 0.25) is 0 Å². The van der Waals surface area contributed by atoms with Crippen molar-refractivity contribution in [1.29, 1.82) is 0 Å². The molecule has 2 aromatic carbocycles. The van der Waals surface area contributed by atoms with Gasteiger partial charge in [-0.05, 0) is 25.3 Å². The summed E-state index contributed by atoms with van der Waals surface area (Å²) >= 11 is 0. The summed E-state index contributed by atoms with van der Waals surface area (Å²) in [7, 11) is 1.67. The largest absolute Gasteiger partial charge is 0.496 e. The topological polar surface area (TPSA) is 68.5 Å². The highest BCUT2D eigenvalue weighted by Gasteiger charge is 2.38. The first-order chi connectivity index (χ1) is 13.2. The molecule has 1 aliphatic heterocycles. The number of hydrogen-bond donors (Lipinski definition) is 1. The second-order valence-corrected chi connectivity index (χ2v) is 7.27. The fourth-order valence-corrected chi connectivity index (χ4v) is 4.17. The molecule has 3 aromatic rings. The lowest BCUT2D eigenvalue weighted by Gasteiger charge is -2.34. The smallest absolute Gasteiger partial charge is 0.258 e. The third-order valence-electron chi connectivity index (χ3n) is 5.84. The molecule has 1 aromatic heterocycles. The highest BCUT2D eigenvalue weighted by atomic mass is 16.5. The maximum atomic E-state index is 12.9. The van der Waals surface area contributed by atoms with E-state index in [-0.39, 0.29) is 5.91 Å². The minimum absolute atomic E-state index is 0.0318. The fourth-order valence-electron chi connectivity index (χ4n) is 4.17. The third-order valence-corrected chi connectivity index (χ3v) is 5.84. The number of rotatable bonds is 3. The van der Waals surface area contributed by atoms with Gasteiger partial charge in [-0.1, -0.05) is 36.4 Å². The molecule has 1 aliphatic carbocycles. The number of nitrogens with two attached hydrogens (primary N) is 1. The molecule has 0 saturated heterocycles. The Morgan fingerprint density at radius 3 is 2.63 bits per heavy atom. The lowest BCUT2D eigenvalue weighted by molar-refractivity contribution is 0.0606. The molecular formula is C22H21N3O2. The van der Waals surface area contributed by atoms with E-state index in [4.69, 9.17) is 15.5 Å². The molecule has 0 unspecified atom stereocenters. The molecule has 0 bridgehead atoms. The number of methoxy groups -OCH3 is 1. The highest BCUT2D eigenvalue weighted by molar-refractivity contribution is 6.11. The van der Waals surface area contributed by atoms with Gasteiger partial charge in [0, 0.05) is 22.6 Å². The number of anilines is 1. The first-order valence-corrected chi connectivity index (χ1v) is 9.34. The van der Waals surface area contributed by atoms with E-state index in [0.29, 0.717) is 23.8 Å². The lowest BCUT2D eigenvalue weighted by Crippen LogP contribution is -2.40. The SMILES string of the molecule is COc1ccccc1-c1cccc2c(N)c3c(nc12)CN(C1CCC1)C3=O. The molecule has 5 nitrogen and oxygen atoms in total. The van der Waals surface area contributed by atoms with E-state index >= 15 is 0 Å². The first kappa shape index (κ1) is 16.1. The van der Waals surface area contributed by atoms with Crippen LogP contribution in [0.5, 0.6) is 5.75 Å². The molecule has 0 radical (unpaired) electrons. The average Bonchev–Trinajstić information content (AvgIpc) is 2.96. The highest BCUT2D eigenvalue weighted by Crippen LogP contribution is 2.40. The molecule has 1 fully saturated rings. The monoisotopic (exact) mass is 359 g/mol. The van der Waals surface area contributed by atoms with E-state index in [0.717, 1.165) is 46.3 Å². The van der Waals surface area contributed by atoms with E-state index in [9.17, 15) is 4.79 Å². The molecular weight excluding hydrogens is 338 g/mol. The molecule has 27 heavy (non-hydrogen) atoms. The summed E-state index contributed by atoms with van der Waals surface area (Å²) in [6, 6.07) is 14.1. The minimum Gasteiger partial charge on any atom is -0.496 e. The molecule has 5 heteroatoms. The molecule has 2 heterocycles. The van der Waals surface area contributed by atoms with E-state index in [1.54, 1.807) is 7.11 Å². The van der Waals surface area contributed by atoms with Gasteiger partial charge in [-0.3, -0.25) is 4.79 Å². The van der Waals surface area contributed by atoms with Crippen molar-refractivity contribution in [2.45, 2.75) is 31.8 Å². The van der Waals surface area contributed by atoms with Gasteiger partial charge >= 0.3 is 0 Å². The Morgan fingerprint density at radius 1 is 1.11 bits per heavy atom. The second-order valence-electron chi connectivity index (χ2n) is 7.27. The van der Waals surface area contributed by atoms with Crippen LogP contribution in [-0.4, -0.2) is 28.9 Å². The number of nitrogens with zero attached hydrogens (tertiary/aromatic N) is 2. The first-order valence-electron chi connectivity index (χ1n) is 9.34. The van der Waals surface area contributed by atoms with Crippen molar-refractivity contribution in [3.63, 3.8) is 0 Å². The van der Waals surface area contributed by atoms with Crippen LogP contribution < -0.4 is 10.5 Å². The van der Waals surface area contributed by atoms with Crippen LogP contribution in [0.2, 0.25) is 0 Å². The fraction of sp³-hybridized carbons (Fsp3) is 0.273. The Morgan fingerprint density at radius 2 is 1.89 bits per heavy atom. The standard InChI is InChI=1S/C22H21N3O2/c1-27-18-11-3-2-8-14(18)15-9-5-10-16-20(23)19-17(24-21(15)16)12-25(22(19)26)13-6-4-7-13/h2-3,5,8-11,13H,4,6-7,12H2,1H3,(H2,23,24). The van der Waals surface area contributed by atoms with Crippen LogP contribution >= 0.6 is 0 Å². The van der Waals surface area contributed by atoms with Crippen LogP contribution in [0.1, 0.15) is 35.3 Å². The van der Waals surface area contributed by atoms with Gasteiger partial charge in [0.1, 0.15) is 5.75 Å². The number of aromatic nitrogens is 1. The number of para-hydroxylation sites is 2. The van der Waals surface area contributed by atoms with Gasteiger partial charge in [-0.2, -0.15) is 0 Å². The number of fused-ring (bicyclic) bond motifs is 2. The maximum Gasteiger partial charge on any atom is 0.258 e. The number of benzene rings is 2. The lowest BCUT2D eigenvalue weighted by atomic mass is 9.92. The second kappa shape index (κ2) is 5.98. The molecule has 0 atom stereocenters. The Bertz CT molecular complexity index is 1070. The summed E-state index contributed by atoms with van der Waals surface area (Å²) in [6.45, 7) is 0.555. The summed E-state index contributed by atoms with van der Waals surface area (Å²) in [5.74, 6) is 0.822. The van der Waals surface area contributed by atoms with Crippen molar-refractivity contribution in [3.05, 3.63) is 53.7 Å². The summed E-state index contributed by atoms with van der Waals surface area (Å²) in [6.07, 6.45) is 3.34. The number of hydrogen-bond acceptors (Lipinski definition) is 4. The Labute approximate surface area is 157 Å². The number of amides is 1. The summed E-state index contributed by atoms with van der Waals surface area (Å²) < 4.78 is 5.54. The molecule has 5 rings (SSSR count). The van der Waals surface area contributed by atoms with Gasteiger partial charge < -0.3 is 15.4 Å².